The maximum Gasteiger partial charge on any atom is 0.317 e. The summed E-state index contributed by atoms with van der Waals surface area (Å²) in [5.41, 5.74) is 3.22. The molecule has 3 amide bonds. The zero-order valence-corrected chi connectivity index (χ0v) is 14.7. The molecule has 2 aromatic carbocycles. The molecular formula is C20H22FN3O2. The van der Waals surface area contributed by atoms with Crippen molar-refractivity contribution in [1.29, 1.82) is 0 Å². The quantitative estimate of drug-likeness (QED) is 0.829. The Bertz CT molecular complexity index is 822. The molecule has 0 spiro atoms. The minimum atomic E-state index is -0.406. The Kier molecular flexibility index (Phi) is 5.51. The highest BCUT2D eigenvalue weighted by Gasteiger charge is 2.19. The monoisotopic (exact) mass is 355 g/mol. The molecule has 0 saturated carbocycles. The lowest BCUT2D eigenvalue weighted by molar-refractivity contribution is 0.0953. The number of amides is 3. The van der Waals surface area contributed by atoms with Crippen molar-refractivity contribution in [2.24, 2.45) is 0 Å². The van der Waals surface area contributed by atoms with Gasteiger partial charge >= 0.3 is 6.03 Å². The van der Waals surface area contributed by atoms with E-state index in [1.165, 1.54) is 17.2 Å². The Balaban J connectivity index is 1.43. The van der Waals surface area contributed by atoms with E-state index in [0.29, 0.717) is 25.2 Å². The number of hydrogen-bond acceptors (Lipinski definition) is 2. The number of nitrogens with one attached hydrogen (secondary N) is 2. The average molecular weight is 355 g/mol. The molecule has 26 heavy (non-hydrogen) atoms. The third-order valence-corrected chi connectivity index (χ3v) is 4.54. The van der Waals surface area contributed by atoms with Gasteiger partial charge in [-0.1, -0.05) is 30.3 Å². The lowest BCUT2D eigenvalue weighted by Gasteiger charge is -2.29. The number of hydrogen-bond donors (Lipinski definition) is 2. The molecule has 1 aliphatic rings. The first-order valence-corrected chi connectivity index (χ1v) is 8.68. The first-order valence-electron chi connectivity index (χ1n) is 8.68. The zero-order chi connectivity index (χ0) is 18.5. The molecule has 0 radical (unpaired) electrons. The number of halogens is 1. The van der Waals surface area contributed by atoms with E-state index in [9.17, 15) is 14.0 Å². The van der Waals surface area contributed by atoms with Gasteiger partial charge in [-0.3, -0.25) is 4.79 Å². The van der Waals surface area contributed by atoms with Crippen LogP contribution in [0.4, 0.5) is 9.18 Å². The molecule has 2 aromatic rings. The maximum atomic E-state index is 13.5. The molecular weight excluding hydrogens is 333 g/mol. The van der Waals surface area contributed by atoms with Crippen molar-refractivity contribution in [3.05, 3.63) is 70.5 Å². The van der Waals surface area contributed by atoms with Gasteiger partial charge in [0, 0.05) is 31.7 Å². The van der Waals surface area contributed by atoms with Crippen LogP contribution in [0.1, 0.15) is 27.0 Å². The molecule has 2 N–H and O–H groups in total. The second-order valence-electron chi connectivity index (χ2n) is 6.39. The molecule has 136 valence electrons. The van der Waals surface area contributed by atoms with Crippen molar-refractivity contribution in [1.82, 2.24) is 15.5 Å². The summed E-state index contributed by atoms with van der Waals surface area (Å²) in [7, 11) is 0. The minimum Gasteiger partial charge on any atom is -0.350 e. The van der Waals surface area contributed by atoms with Crippen molar-refractivity contribution in [3.63, 3.8) is 0 Å². The molecule has 0 unspecified atom stereocenters. The van der Waals surface area contributed by atoms with Crippen LogP contribution in [-0.4, -0.2) is 36.5 Å². The molecule has 0 aromatic heterocycles. The van der Waals surface area contributed by atoms with Crippen LogP contribution >= 0.6 is 0 Å². The van der Waals surface area contributed by atoms with E-state index >= 15 is 0 Å². The summed E-state index contributed by atoms with van der Waals surface area (Å²) in [5, 5.41) is 5.49. The first kappa shape index (κ1) is 17.9. The van der Waals surface area contributed by atoms with Crippen molar-refractivity contribution < 1.29 is 14.0 Å². The van der Waals surface area contributed by atoms with Gasteiger partial charge in [0.05, 0.1) is 0 Å². The topological polar surface area (TPSA) is 61.4 Å². The predicted octanol–water partition coefficient (Wildman–Crippen LogP) is 2.63. The highest BCUT2D eigenvalue weighted by Crippen LogP contribution is 2.18. The summed E-state index contributed by atoms with van der Waals surface area (Å²) in [4.78, 5) is 26.0. The number of nitrogens with zero attached hydrogens (tertiary/aromatic N) is 1. The van der Waals surface area contributed by atoms with Crippen LogP contribution in [-0.2, 0) is 13.0 Å². The van der Waals surface area contributed by atoms with E-state index < -0.39 is 5.82 Å². The predicted molar refractivity (Wildman–Crippen MR) is 97.4 cm³/mol. The van der Waals surface area contributed by atoms with Crippen LogP contribution in [0.15, 0.2) is 42.5 Å². The fraction of sp³-hybridized carbons (Fsp3) is 0.300. The van der Waals surface area contributed by atoms with Gasteiger partial charge in [0.1, 0.15) is 5.82 Å². The second kappa shape index (κ2) is 7.99. The molecule has 0 saturated heterocycles. The fourth-order valence-corrected chi connectivity index (χ4v) is 2.96. The van der Waals surface area contributed by atoms with Gasteiger partial charge in [-0.25, -0.2) is 9.18 Å². The van der Waals surface area contributed by atoms with Crippen molar-refractivity contribution in [2.45, 2.75) is 19.9 Å². The van der Waals surface area contributed by atoms with Gasteiger partial charge in [0.15, 0.2) is 0 Å². The Morgan fingerprint density at radius 3 is 2.58 bits per heavy atom. The lowest BCUT2D eigenvalue weighted by atomic mass is 10.0. The minimum absolute atomic E-state index is 0.143. The van der Waals surface area contributed by atoms with Crippen LogP contribution in [0.2, 0.25) is 0 Å². The Labute approximate surface area is 152 Å². The summed E-state index contributed by atoms with van der Waals surface area (Å²) in [6, 6.07) is 12.3. The lowest BCUT2D eigenvalue weighted by Crippen LogP contribution is -2.45. The number of benzene rings is 2. The van der Waals surface area contributed by atoms with E-state index in [-0.39, 0.29) is 24.0 Å². The molecule has 1 heterocycles. The van der Waals surface area contributed by atoms with Gasteiger partial charge in [0.25, 0.3) is 5.91 Å². The van der Waals surface area contributed by atoms with Crippen LogP contribution in [0, 0.1) is 12.7 Å². The molecule has 3 rings (SSSR count). The molecule has 1 aliphatic heterocycles. The number of carbonyl (C=O) groups is 2. The molecule has 0 bridgehead atoms. The SMILES string of the molecule is Cc1ccc(C(=O)NCCNC(=O)N2CCc3ccccc3C2)cc1F. The van der Waals surface area contributed by atoms with Gasteiger partial charge in [-0.15, -0.1) is 0 Å². The van der Waals surface area contributed by atoms with Crippen LogP contribution in [0.5, 0.6) is 0 Å². The van der Waals surface area contributed by atoms with E-state index in [4.69, 9.17) is 0 Å². The third-order valence-electron chi connectivity index (χ3n) is 4.54. The summed E-state index contributed by atoms with van der Waals surface area (Å²) >= 11 is 0. The van der Waals surface area contributed by atoms with E-state index in [1.807, 2.05) is 18.2 Å². The molecule has 0 aliphatic carbocycles. The molecule has 5 nitrogen and oxygen atoms in total. The summed E-state index contributed by atoms with van der Waals surface area (Å²) in [6.07, 6.45) is 0.847. The Morgan fingerprint density at radius 1 is 1.08 bits per heavy atom. The van der Waals surface area contributed by atoms with Crippen LogP contribution in [0.25, 0.3) is 0 Å². The van der Waals surface area contributed by atoms with Crippen molar-refractivity contribution >= 4 is 11.9 Å². The number of fused-ring (bicyclic) bond motifs is 1. The molecule has 0 fully saturated rings. The Morgan fingerprint density at radius 2 is 1.81 bits per heavy atom. The molecule has 0 atom stereocenters. The summed E-state index contributed by atoms with van der Waals surface area (Å²) in [5.74, 6) is -0.763. The second-order valence-corrected chi connectivity index (χ2v) is 6.39. The molecule has 6 heteroatoms. The Hall–Kier alpha value is -2.89. The number of aryl methyl sites for hydroxylation is 1. The fourth-order valence-electron chi connectivity index (χ4n) is 2.96. The van der Waals surface area contributed by atoms with Gasteiger partial charge in [-0.2, -0.15) is 0 Å². The van der Waals surface area contributed by atoms with Gasteiger partial charge < -0.3 is 15.5 Å². The number of rotatable bonds is 4. The number of carbonyl (C=O) groups excluding carboxylic acids is 2. The maximum absolute atomic E-state index is 13.5. The average Bonchev–Trinajstić information content (AvgIpc) is 2.66. The van der Waals surface area contributed by atoms with E-state index in [2.05, 4.69) is 16.7 Å². The smallest absolute Gasteiger partial charge is 0.317 e. The van der Waals surface area contributed by atoms with E-state index in [0.717, 1.165) is 6.42 Å². The largest absolute Gasteiger partial charge is 0.350 e. The normalized spacial score (nSPS) is 13.1. The number of urea groups is 1. The first-order chi connectivity index (χ1) is 12.5. The van der Waals surface area contributed by atoms with Gasteiger partial charge in [0.2, 0.25) is 0 Å². The van der Waals surface area contributed by atoms with Crippen molar-refractivity contribution in [2.75, 3.05) is 19.6 Å². The van der Waals surface area contributed by atoms with E-state index in [1.54, 1.807) is 24.0 Å². The van der Waals surface area contributed by atoms with Crippen LogP contribution in [0.3, 0.4) is 0 Å². The van der Waals surface area contributed by atoms with Crippen molar-refractivity contribution in [3.8, 4) is 0 Å². The summed E-state index contributed by atoms with van der Waals surface area (Å²) in [6.45, 7) is 3.52. The third kappa shape index (κ3) is 4.20. The zero-order valence-electron chi connectivity index (χ0n) is 14.7. The standard InChI is InChI=1S/C20H22FN3O2/c1-14-6-7-16(12-18(14)21)19(25)22-9-10-23-20(26)24-11-8-15-4-2-3-5-17(15)13-24/h2-7,12H,8-11,13H2,1H3,(H,22,25)(H,23,26). The van der Waals surface area contributed by atoms with Gasteiger partial charge in [-0.05, 0) is 42.2 Å². The highest BCUT2D eigenvalue weighted by molar-refractivity contribution is 5.94. The summed E-state index contributed by atoms with van der Waals surface area (Å²) < 4.78 is 13.5. The highest BCUT2D eigenvalue weighted by atomic mass is 19.1. The van der Waals surface area contributed by atoms with Crippen LogP contribution < -0.4 is 10.6 Å².